The molecule has 29 heavy (non-hydrogen) atoms. The summed E-state index contributed by atoms with van der Waals surface area (Å²) < 4.78 is 38.2. The number of hydrogen-bond acceptors (Lipinski definition) is 5. The third kappa shape index (κ3) is 5.48. The number of anilines is 1. The molecule has 0 unspecified atom stereocenters. The summed E-state index contributed by atoms with van der Waals surface area (Å²) in [6.07, 6.45) is 0.00769. The molecule has 2 aromatic rings. The second-order valence-corrected chi connectivity index (χ2v) is 9.60. The molecule has 1 aliphatic heterocycles. The van der Waals surface area contributed by atoms with Crippen LogP contribution >= 0.6 is 0 Å². The quantitative estimate of drug-likeness (QED) is 0.752. The fourth-order valence-electron chi connectivity index (χ4n) is 2.86. The molecule has 0 saturated carbocycles. The Bertz CT molecular complexity index is 979. The third-order valence-electron chi connectivity index (χ3n) is 4.50. The Morgan fingerprint density at radius 1 is 1.00 bits per heavy atom. The Balaban J connectivity index is 1.53. The SMILES string of the molecule is CC(C)(C)c1ccc(S(=O)(=O)NCCC(=O)Nc2ccc3c(c2)OCCO3)cc1. The summed E-state index contributed by atoms with van der Waals surface area (Å²) in [5.74, 6) is 0.917. The van der Waals surface area contributed by atoms with E-state index in [0.29, 0.717) is 30.4 Å². The molecule has 7 nitrogen and oxygen atoms in total. The first kappa shape index (κ1) is 21.1. The first-order chi connectivity index (χ1) is 13.6. The zero-order valence-electron chi connectivity index (χ0n) is 16.8. The molecule has 2 aromatic carbocycles. The molecule has 0 spiro atoms. The number of amides is 1. The minimum atomic E-state index is -3.67. The van der Waals surface area contributed by atoms with Gasteiger partial charge in [0.05, 0.1) is 4.90 Å². The number of sulfonamides is 1. The predicted octanol–water partition coefficient (Wildman–Crippen LogP) is 3.06. The van der Waals surface area contributed by atoms with Crippen molar-refractivity contribution >= 4 is 21.6 Å². The van der Waals surface area contributed by atoms with Crippen molar-refractivity contribution in [3.63, 3.8) is 0 Å². The highest BCUT2D eigenvalue weighted by molar-refractivity contribution is 7.89. The van der Waals surface area contributed by atoms with Crippen molar-refractivity contribution in [2.24, 2.45) is 0 Å². The van der Waals surface area contributed by atoms with Gasteiger partial charge in [-0.2, -0.15) is 0 Å². The number of ether oxygens (including phenoxy) is 2. The summed E-state index contributed by atoms with van der Waals surface area (Å²) in [4.78, 5) is 12.3. The largest absolute Gasteiger partial charge is 0.486 e. The number of fused-ring (bicyclic) bond motifs is 1. The van der Waals surface area contributed by atoms with Crippen LogP contribution in [0.4, 0.5) is 5.69 Å². The molecule has 3 rings (SSSR count). The lowest BCUT2D eigenvalue weighted by Gasteiger charge is -2.19. The molecule has 1 amide bonds. The van der Waals surface area contributed by atoms with Crippen LogP contribution in [0.15, 0.2) is 47.4 Å². The molecule has 8 heteroatoms. The maximum atomic E-state index is 12.4. The van der Waals surface area contributed by atoms with Gasteiger partial charge in [0.1, 0.15) is 13.2 Å². The third-order valence-corrected chi connectivity index (χ3v) is 5.98. The van der Waals surface area contributed by atoms with Gasteiger partial charge in [-0.3, -0.25) is 4.79 Å². The molecule has 1 aliphatic rings. The molecule has 0 aromatic heterocycles. The van der Waals surface area contributed by atoms with E-state index in [0.717, 1.165) is 5.56 Å². The van der Waals surface area contributed by atoms with Gasteiger partial charge in [0, 0.05) is 24.7 Å². The highest BCUT2D eigenvalue weighted by atomic mass is 32.2. The molecule has 2 N–H and O–H groups in total. The zero-order valence-corrected chi connectivity index (χ0v) is 17.6. The van der Waals surface area contributed by atoms with E-state index < -0.39 is 10.0 Å². The Labute approximate surface area is 171 Å². The maximum absolute atomic E-state index is 12.4. The van der Waals surface area contributed by atoms with Crippen LogP contribution in [0.3, 0.4) is 0 Å². The number of carbonyl (C=O) groups excluding carboxylic acids is 1. The van der Waals surface area contributed by atoms with Gasteiger partial charge in [0.25, 0.3) is 0 Å². The summed E-state index contributed by atoms with van der Waals surface area (Å²) in [5, 5.41) is 2.73. The monoisotopic (exact) mass is 418 g/mol. The lowest BCUT2D eigenvalue weighted by atomic mass is 9.87. The van der Waals surface area contributed by atoms with Crippen molar-refractivity contribution in [3.8, 4) is 11.5 Å². The van der Waals surface area contributed by atoms with Crippen LogP contribution in [0.5, 0.6) is 11.5 Å². The molecule has 156 valence electrons. The average molecular weight is 419 g/mol. The van der Waals surface area contributed by atoms with E-state index >= 15 is 0 Å². The van der Waals surface area contributed by atoms with E-state index in [9.17, 15) is 13.2 Å². The van der Waals surface area contributed by atoms with Gasteiger partial charge in [-0.25, -0.2) is 13.1 Å². The Hall–Kier alpha value is -2.58. The second kappa shape index (κ2) is 8.42. The van der Waals surface area contributed by atoms with E-state index in [1.54, 1.807) is 30.3 Å². The minimum Gasteiger partial charge on any atom is -0.486 e. The molecule has 0 aliphatic carbocycles. The van der Waals surface area contributed by atoms with E-state index in [-0.39, 0.29) is 29.2 Å². The molecule has 0 saturated heterocycles. The van der Waals surface area contributed by atoms with Crippen molar-refractivity contribution in [3.05, 3.63) is 48.0 Å². The number of benzene rings is 2. The number of carbonyl (C=O) groups is 1. The smallest absolute Gasteiger partial charge is 0.240 e. The Morgan fingerprint density at radius 2 is 1.66 bits per heavy atom. The summed E-state index contributed by atoms with van der Waals surface area (Å²) in [5.41, 5.74) is 1.57. The Morgan fingerprint density at radius 3 is 2.31 bits per heavy atom. The summed E-state index contributed by atoms with van der Waals surface area (Å²) in [6.45, 7) is 7.15. The van der Waals surface area contributed by atoms with Crippen molar-refractivity contribution < 1.29 is 22.7 Å². The van der Waals surface area contributed by atoms with E-state index in [4.69, 9.17) is 9.47 Å². The predicted molar refractivity (Wildman–Crippen MR) is 111 cm³/mol. The fourth-order valence-corrected chi connectivity index (χ4v) is 3.89. The maximum Gasteiger partial charge on any atom is 0.240 e. The van der Waals surface area contributed by atoms with Crippen LogP contribution in [-0.2, 0) is 20.2 Å². The van der Waals surface area contributed by atoms with Crippen LogP contribution in [-0.4, -0.2) is 34.1 Å². The first-order valence-corrected chi connectivity index (χ1v) is 10.9. The fraction of sp³-hybridized carbons (Fsp3) is 0.381. The minimum absolute atomic E-state index is 0.000257. The average Bonchev–Trinajstić information content (AvgIpc) is 2.67. The number of hydrogen-bond donors (Lipinski definition) is 2. The van der Waals surface area contributed by atoms with Crippen molar-refractivity contribution in [1.82, 2.24) is 4.72 Å². The van der Waals surface area contributed by atoms with E-state index in [1.807, 2.05) is 12.1 Å². The van der Waals surface area contributed by atoms with Gasteiger partial charge in [-0.15, -0.1) is 0 Å². The molecular formula is C21H26N2O5S. The van der Waals surface area contributed by atoms with Crippen molar-refractivity contribution in [2.75, 3.05) is 25.1 Å². The van der Waals surface area contributed by atoms with Crippen molar-refractivity contribution in [1.29, 1.82) is 0 Å². The molecule has 0 fully saturated rings. The van der Waals surface area contributed by atoms with E-state index in [2.05, 4.69) is 30.8 Å². The topological polar surface area (TPSA) is 93.7 Å². The van der Waals surface area contributed by atoms with Crippen LogP contribution in [0.2, 0.25) is 0 Å². The highest BCUT2D eigenvalue weighted by Crippen LogP contribution is 2.32. The Kier molecular flexibility index (Phi) is 6.14. The van der Waals surface area contributed by atoms with Gasteiger partial charge >= 0.3 is 0 Å². The van der Waals surface area contributed by atoms with Crippen LogP contribution in [0.1, 0.15) is 32.8 Å². The lowest BCUT2D eigenvalue weighted by molar-refractivity contribution is -0.116. The van der Waals surface area contributed by atoms with E-state index in [1.165, 1.54) is 0 Å². The standard InChI is InChI=1S/C21H26N2O5S/c1-21(2,3)15-4-7-17(8-5-15)29(25,26)22-11-10-20(24)23-16-6-9-18-19(14-16)28-13-12-27-18/h4-9,14,22H,10-13H2,1-3H3,(H,23,24). The van der Waals surface area contributed by atoms with Crippen LogP contribution in [0.25, 0.3) is 0 Å². The number of nitrogens with one attached hydrogen (secondary N) is 2. The van der Waals surface area contributed by atoms with Crippen LogP contribution < -0.4 is 19.5 Å². The lowest BCUT2D eigenvalue weighted by Crippen LogP contribution is -2.28. The normalized spacial score (nSPS) is 13.8. The van der Waals surface area contributed by atoms with Crippen LogP contribution in [0, 0.1) is 0 Å². The summed E-state index contributed by atoms with van der Waals surface area (Å²) in [7, 11) is -3.67. The number of rotatable bonds is 6. The van der Waals surface area contributed by atoms with Gasteiger partial charge < -0.3 is 14.8 Å². The summed E-state index contributed by atoms with van der Waals surface area (Å²) >= 11 is 0. The van der Waals surface area contributed by atoms with Gasteiger partial charge in [0.2, 0.25) is 15.9 Å². The molecule has 1 heterocycles. The molecule has 0 bridgehead atoms. The highest BCUT2D eigenvalue weighted by Gasteiger charge is 2.18. The molecule has 0 atom stereocenters. The second-order valence-electron chi connectivity index (χ2n) is 7.83. The zero-order chi connectivity index (χ0) is 21.1. The molecule has 0 radical (unpaired) electrons. The van der Waals surface area contributed by atoms with Crippen molar-refractivity contribution in [2.45, 2.75) is 37.5 Å². The summed E-state index contributed by atoms with van der Waals surface area (Å²) in [6, 6.07) is 11.9. The van der Waals surface area contributed by atoms with Gasteiger partial charge in [-0.1, -0.05) is 32.9 Å². The van der Waals surface area contributed by atoms with Gasteiger partial charge in [-0.05, 0) is 35.2 Å². The first-order valence-electron chi connectivity index (χ1n) is 9.45. The molecular weight excluding hydrogens is 392 g/mol. The van der Waals surface area contributed by atoms with Gasteiger partial charge in [0.15, 0.2) is 11.5 Å².